The molecule has 2 aromatic rings. The van der Waals surface area contributed by atoms with Crippen LogP contribution in [0.4, 0.5) is 9.93 Å². The minimum atomic E-state index is -0.711. The summed E-state index contributed by atoms with van der Waals surface area (Å²) in [6.45, 7) is 7.31. The number of nitrogens with one attached hydrogen (secondary N) is 3. The Morgan fingerprint density at radius 3 is 2.54 bits per heavy atom. The molecule has 1 saturated heterocycles. The summed E-state index contributed by atoms with van der Waals surface area (Å²) < 4.78 is 5.07. The number of hydrogen-bond acceptors (Lipinski definition) is 8. The summed E-state index contributed by atoms with van der Waals surface area (Å²) in [5.41, 5.74) is 2.12. The van der Waals surface area contributed by atoms with Crippen molar-refractivity contribution in [2.24, 2.45) is 5.92 Å². The van der Waals surface area contributed by atoms with Gasteiger partial charge in [-0.3, -0.25) is 9.59 Å². The fourth-order valence-electron chi connectivity index (χ4n) is 4.06. The Labute approximate surface area is 221 Å². The molecule has 1 atom stereocenters. The molecule has 1 aliphatic heterocycles. The molecule has 2 heterocycles. The predicted molar refractivity (Wildman–Crippen MR) is 142 cm³/mol. The van der Waals surface area contributed by atoms with Crippen molar-refractivity contribution in [2.45, 2.75) is 52.1 Å². The summed E-state index contributed by atoms with van der Waals surface area (Å²) in [4.78, 5) is 43.4. The lowest BCUT2D eigenvalue weighted by molar-refractivity contribution is -0.123. The second-order valence-electron chi connectivity index (χ2n) is 9.25. The molecular formula is C26H34N6O4S. The van der Waals surface area contributed by atoms with Gasteiger partial charge in [0.25, 0.3) is 5.91 Å². The number of nitriles is 1. The van der Waals surface area contributed by atoms with E-state index in [4.69, 9.17) is 10.00 Å². The minimum Gasteiger partial charge on any atom is -0.450 e. The Bertz CT molecular complexity index is 1100. The van der Waals surface area contributed by atoms with Crippen LogP contribution in [-0.2, 0) is 9.53 Å². The Morgan fingerprint density at radius 1 is 1.22 bits per heavy atom. The molecule has 1 fully saturated rings. The average Bonchev–Trinajstić information content (AvgIpc) is 3.35. The van der Waals surface area contributed by atoms with Crippen molar-refractivity contribution in [3.05, 3.63) is 35.2 Å². The number of nitrogens with zero attached hydrogens (tertiary/aromatic N) is 3. The minimum absolute atomic E-state index is 0.102. The van der Waals surface area contributed by atoms with Crippen LogP contribution < -0.4 is 16.0 Å². The second kappa shape index (κ2) is 13.6. The SMILES string of the molecule is CCOC(=O)N1CCC(Nc2nc(-c3ccc(C(=O)N[C@@H](CC(C)C)C(=O)NCC#N)cc3)cs2)CC1. The zero-order valence-corrected chi connectivity index (χ0v) is 22.3. The van der Waals surface area contributed by atoms with E-state index in [9.17, 15) is 14.4 Å². The number of rotatable bonds is 10. The van der Waals surface area contributed by atoms with Gasteiger partial charge in [0.1, 0.15) is 12.6 Å². The van der Waals surface area contributed by atoms with Gasteiger partial charge < -0.3 is 25.6 Å². The number of likely N-dealkylation sites (tertiary alicyclic amines) is 1. The number of benzene rings is 1. The van der Waals surface area contributed by atoms with Crippen molar-refractivity contribution in [1.29, 1.82) is 5.26 Å². The summed E-state index contributed by atoms with van der Waals surface area (Å²) in [7, 11) is 0. The summed E-state index contributed by atoms with van der Waals surface area (Å²) in [6, 6.07) is 8.48. The Hall–Kier alpha value is -3.65. The van der Waals surface area contributed by atoms with Gasteiger partial charge in [-0.25, -0.2) is 9.78 Å². The molecule has 3 amide bonds. The number of thiazole rings is 1. The van der Waals surface area contributed by atoms with Crippen LogP contribution in [0.15, 0.2) is 29.6 Å². The lowest BCUT2D eigenvalue weighted by atomic mass is 10.0. The summed E-state index contributed by atoms with van der Waals surface area (Å²) in [5.74, 6) is -0.522. The number of amides is 3. The second-order valence-corrected chi connectivity index (χ2v) is 10.1. The van der Waals surface area contributed by atoms with Gasteiger partial charge in [-0.2, -0.15) is 5.26 Å². The third-order valence-electron chi connectivity index (χ3n) is 5.97. The summed E-state index contributed by atoms with van der Waals surface area (Å²) >= 11 is 1.51. The average molecular weight is 527 g/mol. The molecule has 0 saturated carbocycles. The van der Waals surface area contributed by atoms with E-state index < -0.39 is 6.04 Å². The number of carbonyl (C=O) groups is 3. The van der Waals surface area contributed by atoms with Gasteiger partial charge in [0, 0.05) is 35.6 Å². The van der Waals surface area contributed by atoms with E-state index in [1.54, 1.807) is 24.0 Å². The first kappa shape index (κ1) is 27.9. The number of carbonyl (C=O) groups excluding carboxylic acids is 3. The van der Waals surface area contributed by atoms with E-state index in [0.29, 0.717) is 31.7 Å². The molecule has 198 valence electrons. The maximum atomic E-state index is 12.8. The topological polar surface area (TPSA) is 136 Å². The Balaban J connectivity index is 1.56. The van der Waals surface area contributed by atoms with Crippen molar-refractivity contribution in [1.82, 2.24) is 20.5 Å². The third kappa shape index (κ3) is 8.18. The zero-order valence-electron chi connectivity index (χ0n) is 21.5. The van der Waals surface area contributed by atoms with Gasteiger partial charge in [0.2, 0.25) is 5.91 Å². The van der Waals surface area contributed by atoms with Gasteiger partial charge in [-0.1, -0.05) is 26.0 Å². The largest absolute Gasteiger partial charge is 0.450 e. The van der Waals surface area contributed by atoms with Crippen molar-refractivity contribution in [3.8, 4) is 17.3 Å². The molecule has 37 heavy (non-hydrogen) atoms. The molecule has 0 bridgehead atoms. The Morgan fingerprint density at radius 2 is 1.92 bits per heavy atom. The van der Waals surface area contributed by atoms with E-state index in [2.05, 4.69) is 20.9 Å². The fourth-order valence-corrected chi connectivity index (χ4v) is 4.85. The smallest absolute Gasteiger partial charge is 0.409 e. The van der Waals surface area contributed by atoms with Gasteiger partial charge in [-0.15, -0.1) is 11.3 Å². The summed E-state index contributed by atoms with van der Waals surface area (Å²) in [6.07, 6.45) is 1.86. The highest BCUT2D eigenvalue weighted by molar-refractivity contribution is 7.14. The predicted octanol–water partition coefficient (Wildman–Crippen LogP) is 3.63. The standard InChI is InChI=1S/C26H34N6O4S/c1-4-36-26(35)32-13-9-20(10-14-32)29-25-31-22(16-37-25)18-5-7-19(8-6-18)23(33)30-21(15-17(2)3)24(34)28-12-11-27/h5-8,16-17,20-21H,4,9-10,12-15H2,1-3H3,(H,28,34)(H,29,31)(H,30,33)/t21-/m0/s1. The normalized spacial score (nSPS) is 14.5. The molecule has 0 aliphatic carbocycles. The quantitative estimate of drug-likeness (QED) is 0.402. The Kier molecular flexibility index (Phi) is 10.3. The van der Waals surface area contributed by atoms with Crippen LogP contribution in [0.2, 0.25) is 0 Å². The molecule has 0 unspecified atom stereocenters. The molecule has 1 aliphatic rings. The van der Waals surface area contributed by atoms with Gasteiger partial charge >= 0.3 is 6.09 Å². The van der Waals surface area contributed by atoms with Crippen LogP contribution in [-0.4, -0.2) is 66.1 Å². The number of piperidine rings is 1. The number of hydrogen-bond donors (Lipinski definition) is 3. The van der Waals surface area contributed by atoms with Crippen LogP contribution in [0.3, 0.4) is 0 Å². The molecule has 0 radical (unpaired) electrons. The number of aromatic nitrogens is 1. The highest BCUT2D eigenvalue weighted by Gasteiger charge is 2.24. The van der Waals surface area contributed by atoms with E-state index in [0.717, 1.165) is 29.2 Å². The highest BCUT2D eigenvalue weighted by atomic mass is 32.1. The van der Waals surface area contributed by atoms with Crippen molar-refractivity contribution >= 4 is 34.4 Å². The number of ether oxygens (including phenoxy) is 1. The van der Waals surface area contributed by atoms with Crippen molar-refractivity contribution in [2.75, 3.05) is 31.6 Å². The first-order valence-corrected chi connectivity index (χ1v) is 13.4. The van der Waals surface area contributed by atoms with Crippen molar-refractivity contribution < 1.29 is 19.1 Å². The molecule has 3 rings (SSSR count). The molecule has 3 N–H and O–H groups in total. The lowest BCUT2D eigenvalue weighted by Gasteiger charge is -2.31. The van der Waals surface area contributed by atoms with E-state index in [-0.39, 0.29) is 36.4 Å². The van der Waals surface area contributed by atoms with E-state index in [1.165, 1.54) is 11.3 Å². The molecule has 1 aromatic heterocycles. The molecule has 0 spiro atoms. The first-order valence-electron chi connectivity index (χ1n) is 12.5. The first-order chi connectivity index (χ1) is 17.8. The van der Waals surface area contributed by atoms with Gasteiger partial charge in [0.05, 0.1) is 18.4 Å². The van der Waals surface area contributed by atoms with Crippen LogP contribution >= 0.6 is 11.3 Å². The number of anilines is 1. The summed E-state index contributed by atoms with van der Waals surface area (Å²) in [5, 5.41) is 20.2. The lowest BCUT2D eigenvalue weighted by Crippen LogP contribution is -2.47. The highest BCUT2D eigenvalue weighted by Crippen LogP contribution is 2.27. The maximum Gasteiger partial charge on any atom is 0.409 e. The third-order valence-corrected chi connectivity index (χ3v) is 6.74. The van der Waals surface area contributed by atoms with E-state index in [1.807, 2.05) is 37.4 Å². The zero-order chi connectivity index (χ0) is 26.8. The molecule has 1 aromatic carbocycles. The van der Waals surface area contributed by atoms with Crippen LogP contribution in [0.25, 0.3) is 11.3 Å². The molecule has 10 nitrogen and oxygen atoms in total. The fraction of sp³-hybridized carbons (Fsp3) is 0.500. The van der Waals surface area contributed by atoms with Crippen LogP contribution in [0.1, 0.15) is 50.4 Å². The molecule has 11 heteroatoms. The monoisotopic (exact) mass is 526 g/mol. The van der Waals surface area contributed by atoms with Gasteiger partial charge in [0.15, 0.2) is 5.13 Å². The van der Waals surface area contributed by atoms with Crippen LogP contribution in [0, 0.1) is 17.2 Å². The van der Waals surface area contributed by atoms with Crippen LogP contribution in [0.5, 0.6) is 0 Å². The van der Waals surface area contributed by atoms with E-state index >= 15 is 0 Å². The van der Waals surface area contributed by atoms with Crippen molar-refractivity contribution in [3.63, 3.8) is 0 Å². The molecular weight excluding hydrogens is 492 g/mol. The maximum absolute atomic E-state index is 12.8. The van der Waals surface area contributed by atoms with Gasteiger partial charge in [-0.05, 0) is 44.2 Å².